The summed E-state index contributed by atoms with van der Waals surface area (Å²) < 4.78 is 0. The van der Waals surface area contributed by atoms with Crippen molar-refractivity contribution in [3.8, 4) is 0 Å². The lowest BCUT2D eigenvalue weighted by atomic mass is 9.90. The van der Waals surface area contributed by atoms with Gasteiger partial charge in [-0.3, -0.25) is 0 Å². The topological polar surface area (TPSA) is 63.3 Å². The van der Waals surface area contributed by atoms with E-state index in [4.69, 9.17) is 10.8 Å². The highest BCUT2D eigenvalue weighted by Gasteiger charge is 2.25. The average Bonchev–Trinajstić information content (AvgIpc) is 1.83. The number of rotatable bonds is 3. The van der Waals surface area contributed by atoms with Crippen molar-refractivity contribution in [3.05, 3.63) is 11.1 Å². The fourth-order valence-corrected chi connectivity index (χ4v) is 1.18. The standard InChI is InChI=1S/C9H17NO2/c1-5-6(2)7(8(11)12)9(3,4)10/h5,10H2,1-4H3,(H,11,12). The number of carboxylic acids is 1. The van der Waals surface area contributed by atoms with Crippen LogP contribution in [-0.4, -0.2) is 16.6 Å². The van der Waals surface area contributed by atoms with Crippen LogP contribution in [-0.2, 0) is 4.79 Å². The first-order chi connectivity index (χ1) is 5.30. The first-order valence-electron chi connectivity index (χ1n) is 4.03. The zero-order chi connectivity index (χ0) is 9.94. The molecule has 0 rings (SSSR count). The van der Waals surface area contributed by atoms with Gasteiger partial charge in [0.1, 0.15) is 0 Å². The van der Waals surface area contributed by atoms with Gasteiger partial charge in [-0.25, -0.2) is 4.79 Å². The molecule has 3 nitrogen and oxygen atoms in total. The lowest BCUT2D eigenvalue weighted by molar-refractivity contribution is -0.133. The second kappa shape index (κ2) is 3.72. The molecule has 0 radical (unpaired) electrons. The number of carbonyl (C=O) groups is 1. The molecule has 0 spiro atoms. The van der Waals surface area contributed by atoms with Gasteiger partial charge in [0, 0.05) is 5.54 Å². The monoisotopic (exact) mass is 171 g/mol. The fourth-order valence-electron chi connectivity index (χ4n) is 1.18. The van der Waals surface area contributed by atoms with E-state index in [0.717, 1.165) is 12.0 Å². The second-order valence-electron chi connectivity index (χ2n) is 3.54. The van der Waals surface area contributed by atoms with Gasteiger partial charge in [-0.15, -0.1) is 0 Å². The Hall–Kier alpha value is -0.830. The van der Waals surface area contributed by atoms with Crippen LogP contribution in [0.15, 0.2) is 11.1 Å². The van der Waals surface area contributed by atoms with Crippen LogP contribution in [0.25, 0.3) is 0 Å². The highest BCUT2D eigenvalue weighted by atomic mass is 16.4. The smallest absolute Gasteiger partial charge is 0.333 e. The summed E-state index contributed by atoms with van der Waals surface area (Å²) in [5.41, 5.74) is 6.13. The van der Waals surface area contributed by atoms with Gasteiger partial charge in [0.2, 0.25) is 0 Å². The number of carboxylic acid groups (broad SMARTS) is 1. The van der Waals surface area contributed by atoms with Crippen LogP contribution >= 0.6 is 0 Å². The molecule has 0 saturated heterocycles. The SMILES string of the molecule is CCC(C)=C(C(=O)O)C(C)(C)N. The van der Waals surface area contributed by atoms with Gasteiger partial charge in [0.25, 0.3) is 0 Å². The molecular weight excluding hydrogens is 154 g/mol. The number of aliphatic carboxylic acids is 1. The van der Waals surface area contributed by atoms with Gasteiger partial charge < -0.3 is 10.8 Å². The fraction of sp³-hybridized carbons (Fsp3) is 0.667. The predicted octanol–water partition coefficient (Wildman–Crippen LogP) is 1.53. The van der Waals surface area contributed by atoms with Gasteiger partial charge in [-0.2, -0.15) is 0 Å². The first-order valence-corrected chi connectivity index (χ1v) is 4.03. The molecule has 0 unspecified atom stereocenters. The van der Waals surface area contributed by atoms with E-state index >= 15 is 0 Å². The lowest BCUT2D eigenvalue weighted by Gasteiger charge is -2.21. The van der Waals surface area contributed by atoms with Gasteiger partial charge in [0.15, 0.2) is 0 Å². The van der Waals surface area contributed by atoms with E-state index < -0.39 is 11.5 Å². The van der Waals surface area contributed by atoms with E-state index in [-0.39, 0.29) is 0 Å². The highest BCUT2D eigenvalue weighted by Crippen LogP contribution is 2.19. The van der Waals surface area contributed by atoms with E-state index in [2.05, 4.69) is 0 Å². The van der Waals surface area contributed by atoms with Crippen molar-refractivity contribution in [1.29, 1.82) is 0 Å². The molecule has 0 aliphatic carbocycles. The summed E-state index contributed by atoms with van der Waals surface area (Å²) in [7, 11) is 0. The normalized spacial score (nSPS) is 14.1. The van der Waals surface area contributed by atoms with E-state index in [1.54, 1.807) is 20.8 Å². The van der Waals surface area contributed by atoms with Crippen molar-refractivity contribution in [3.63, 3.8) is 0 Å². The van der Waals surface area contributed by atoms with Crippen LogP contribution in [0.3, 0.4) is 0 Å². The molecular formula is C9H17NO2. The van der Waals surface area contributed by atoms with Crippen molar-refractivity contribution in [2.45, 2.75) is 39.7 Å². The number of allylic oxidation sites excluding steroid dienone is 1. The maximum Gasteiger partial charge on any atom is 0.333 e. The molecule has 0 heterocycles. The Bertz CT molecular complexity index is 211. The third kappa shape index (κ3) is 2.66. The molecule has 0 fully saturated rings. The molecule has 3 heteroatoms. The lowest BCUT2D eigenvalue weighted by Crippen LogP contribution is -2.38. The van der Waals surface area contributed by atoms with Crippen LogP contribution in [0.2, 0.25) is 0 Å². The number of nitrogens with two attached hydrogens (primary N) is 1. The molecule has 0 bridgehead atoms. The Kier molecular flexibility index (Phi) is 3.46. The summed E-state index contributed by atoms with van der Waals surface area (Å²) in [4.78, 5) is 10.8. The minimum atomic E-state index is -0.915. The Balaban J connectivity index is 5.07. The summed E-state index contributed by atoms with van der Waals surface area (Å²) in [6, 6.07) is 0. The second-order valence-corrected chi connectivity index (χ2v) is 3.54. The maximum absolute atomic E-state index is 10.8. The van der Waals surface area contributed by atoms with Crippen molar-refractivity contribution < 1.29 is 9.90 Å². The zero-order valence-electron chi connectivity index (χ0n) is 8.14. The Morgan fingerprint density at radius 3 is 2.00 bits per heavy atom. The third-order valence-corrected chi connectivity index (χ3v) is 1.82. The zero-order valence-corrected chi connectivity index (χ0v) is 8.14. The summed E-state index contributed by atoms with van der Waals surface area (Å²) in [5, 5.41) is 8.87. The minimum Gasteiger partial charge on any atom is -0.478 e. The quantitative estimate of drug-likeness (QED) is 0.633. The van der Waals surface area contributed by atoms with Crippen LogP contribution in [0.5, 0.6) is 0 Å². The summed E-state index contributed by atoms with van der Waals surface area (Å²) in [5.74, 6) is -0.915. The van der Waals surface area contributed by atoms with Crippen LogP contribution in [0.1, 0.15) is 34.1 Å². The van der Waals surface area contributed by atoms with E-state index in [0.29, 0.717) is 5.57 Å². The van der Waals surface area contributed by atoms with Crippen LogP contribution < -0.4 is 5.73 Å². The minimum absolute atomic E-state index is 0.324. The summed E-state index contributed by atoms with van der Waals surface area (Å²) in [6.07, 6.45) is 0.724. The van der Waals surface area contributed by atoms with E-state index in [1.165, 1.54) is 0 Å². The highest BCUT2D eigenvalue weighted by molar-refractivity contribution is 5.89. The third-order valence-electron chi connectivity index (χ3n) is 1.82. The first kappa shape index (κ1) is 11.2. The Morgan fingerprint density at radius 2 is 1.92 bits per heavy atom. The molecule has 0 amide bonds. The summed E-state index contributed by atoms with van der Waals surface area (Å²) in [6.45, 7) is 7.13. The molecule has 70 valence electrons. The van der Waals surface area contributed by atoms with Crippen molar-refractivity contribution in [2.75, 3.05) is 0 Å². The largest absolute Gasteiger partial charge is 0.478 e. The van der Waals surface area contributed by atoms with Gasteiger partial charge >= 0.3 is 5.97 Å². The molecule has 0 aliphatic rings. The Morgan fingerprint density at radius 1 is 1.50 bits per heavy atom. The van der Waals surface area contributed by atoms with E-state index in [9.17, 15) is 4.79 Å². The average molecular weight is 171 g/mol. The molecule has 0 aromatic carbocycles. The maximum atomic E-state index is 10.8. The van der Waals surface area contributed by atoms with Crippen molar-refractivity contribution >= 4 is 5.97 Å². The molecule has 0 atom stereocenters. The molecule has 0 saturated carbocycles. The summed E-state index contributed by atoms with van der Waals surface area (Å²) >= 11 is 0. The van der Waals surface area contributed by atoms with Gasteiger partial charge in [0.05, 0.1) is 5.57 Å². The van der Waals surface area contributed by atoms with Gasteiger partial charge in [-0.1, -0.05) is 12.5 Å². The van der Waals surface area contributed by atoms with Crippen LogP contribution in [0.4, 0.5) is 0 Å². The molecule has 0 aliphatic heterocycles. The molecule has 0 aromatic heterocycles. The van der Waals surface area contributed by atoms with Gasteiger partial charge in [-0.05, 0) is 27.2 Å². The number of hydrogen-bond acceptors (Lipinski definition) is 2. The van der Waals surface area contributed by atoms with Crippen molar-refractivity contribution in [1.82, 2.24) is 0 Å². The molecule has 0 aromatic rings. The predicted molar refractivity (Wildman–Crippen MR) is 48.9 cm³/mol. The number of hydrogen-bond donors (Lipinski definition) is 2. The van der Waals surface area contributed by atoms with E-state index in [1.807, 2.05) is 6.92 Å². The molecule has 12 heavy (non-hydrogen) atoms. The molecule has 3 N–H and O–H groups in total. The van der Waals surface area contributed by atoms with Crippen LogP contribution in [0, 0.1) is 0 Å². The Labute approximate surface area is 73.3 Å². The van der Waals surface area contributed by atoms with Crippen molar-refractivity contribution in [2.24, 2.45) is 5.73 Å².